The number of nitrogens with one attached hydrogen (secondary N) is 2. The van der Waals surface area contributed by atoms with Crippen LogP contribution < -0.4 is 10.6 Å². The Morgan fingerprint density at radius 1 is 0.972 bits per heavy atom. The molecule has 10 heteroatoms. The average Bonchev–Trinajstić information content (AvgIpc) is 2.89. The minimum absolute atomic E-state index is 0.0520. The zero-order valence-electron chi connectivity index (χ0n) is 19.0. The molecule has 3 aromatic carbocycles. The van der Waals surface area contributed by atoms with Crippen molar-refractivity contribution in [1.82, 2.24) is 10.6 Å². The van der Waals surface area contributed by atoms with Crippen molar-refractivity contribution >= 4 is 35.2 Å². The molecule has 9 nitrogen and oxygen atoms in total. The fourth-order valence-corrected chi connectivity index (χ4v) is 4.92. The number of esters is 1. The van der Waals surface area contributed by atoms with Gasteiger partial charge >= 0.3 is 5.97 Å². The van der Waals surface area contributed by atoms with Gasteiger partial charge < -0.3 is 15.4 Å². The molecular formula is C26H23N3O6S. The van der Waals surface area contributed by atoms with E-state index >= 15 is 0 Å². The van der Waals surface area contributed by atoms with Crippen LogP contribution in [0.15, 0.2) is 84.9 Å². The van der Waals surface area contributed by atoms with Gasteiger partial charge in [0.1, 0.15) is 23.3 Å². The van der Waals surface area contributed by atoms with Crippen molar-refractivity contribution in [3.63, 3.8) is 0 Å². The van der Waals surface area contributed by atoms with Crippen molar-refractivity contribution in [2.24, 2.45) is 0 Å². The minimum atomic E-state index is -0.778. The number of amides is 2. The monoisotopic (exact) mass is 505 g/mol. The Kier molecular flexibility index (Phi) is 7.96. The van der Waals surface area contributed by atoms with Crippen LogP contribution in [-0.4, -0.2) is 34.1 Å². The molecule has 4 rings (SSSR count). The SMILES string of the molecule is O=C(Cc1ccccc1)N[C@@H]1C(=O)N[C@@H]1SC(C(=O)OCc1ccc([N+](=O)[O-])cc1)c1ccccc1. The zero-order chi connectivity index (χ0) is 25.5. The smallest absolute Gasteiger partial charge is 0.324 e. The first-order valence-corrected chi connectivity index (χ1v) is 12.1. The van der Waals surface area contributed by atoms with E-state index < -0.39 is 27.6 Å². The van der Waals surface area contributed by atoms with Crippen LogP contribution in [0.25, 0.3) is 0 Å². The minimum Gasteiger partial charge on any atom is -0.460 e. The number of hydrogen-bond acceptors (Lipinski definition) is 7. The average molecular weight is 506 g/mol. The van der Waals surface area contributed by atoms with Crippen molar-refractivity contribution in [2.45, 2.75) is 29.7 Å². The molecule has 2 amide bonds. The van der Waals surface area contributed by atoms with E-state index in [9.17, 15) is 24.5 Å². The van der Waals surface area contributed by atoms with Gasteiger partial charge in [0.15, 0.2) is 0 Å². The molecule has 0 radical (unpaired) electrons. The first kappa shape index (κ1) is 24.9. The normalized spacial score (nSPS) is 17.3. The first-order chi connectivity index (χ1) is 17.4. The van der Waals surface area contributed by atoms with Gasteiger partial charge in [-0.2, -0.15) is 0 Å². The zero-order valence-corrected chi connectivity index (χ0v) is 19.9. The predicted octanol–water partition coefficient (Wildman–Crippen LogP) is 3.30. The standard InChI is InChI=1S/C26H23N3O6S/c30-21(15-17-7-3-1-4-8-17)27-22-24(31)28-25(22)36-23(19-9-5-2-6-10-19)26(32)35-16-18-11-13-20(14-12-18)29(33)34/h1-14,22-23,25H,15-16H2,(H,27,30)(H,28,31)/t22-,23?,25-/m1/s1. The maximum atomic E-state index is 13.1. The van der Waals surface area contributed by atoms with E-state index in [2.05, 4.69) is 10.6 Å². The lowest BCUT2D eigenvalue weighted by atomic mass is 10.1. The molecule has 36 heavy (non-hydrogen) atoms. The third-order valence-electron chi connectivity index (χ3n) is 5.52. The highest BCUT2D eigenvalue weighted by molar-refractivity contribution is 8.01. The van der Waals surface area contributed by atoms with Crippen LogP contribution in [0.4, 0.5) is 5.69 Å². The van der Waals surface area contributed by atoms with E-state index in [1.807, 2.05) is 36.4 Å². The molecule has 1 saturated heterocycles. The van der Waals surface area contributed by atoms with Gasteiger partial charge in [0, 0.05) is 12.1 Å². The molecule has 1 aliphatic heterocycles. The summed E-state index contributed by atoms with van der Waals surface area (Å²) < 4.78 is 5.51. The summed E-state index contributed by atoms with van der Waals surface area (Å²) in [7, 11) is 0. The molecule has 0 spiro atoms. The Hall–Kier alpha value is -4.18. The van der Waals surface area contributed by atoms with Crippen LogP contribution in [0, 0.1) is 10.1 Å². The summed E-state index contributed by atoms with van der Waals surface area (Å²) >= 11 is 1.18. The number of non-ortho nitro benzene ring substituents is 1. The molecule has 184 valence electrons. The van der Waals surface area contributed by atoms with Gasteiger partial charge in [-0.05, 0) is 28.8 Å². The molecule has 0 saturated carbocycles. The van der Waals surface area contributed by atoms with E-state index in [0.717, 1.165) is 5.56 Å². The maximum Gasteiger partial charge on any atom is 0.324 e. The van der Waals surface area contributed by atoms with Crippen LogP contribution in [0.1, 0.15) is 21.9 Å². The third kappa shape index (κ3) is 6.28. The summed E-state index contributed by atoms with van der Waals surface area (Å²) in [6.07, 6.45) is 0.140. The molecule has 0 aliphatic carbocycles. The molecule has 3 atom stereocenters. The second-order valence-electron chi connectivity index (χ2n) is 8.09. The number of hydrogen-bond donors (Lipinski definition) is 2. The summed E-state index contributed by atoms with van der Waals surface area (Å²) in [6, 6.07) is 23.2. The molecule has 1 heterocycles. The maximum absolute atomic E-state index is 13.1. The lowest BCUT2D eigenvalue weighted by molar-refractivity contribution is -0.384. The highest BCUT2D eigenvalue weighted by Crippen LogP contribution is 2.36. The number of nitrogens with zero attached hydrogens (tertiary/aromatic N) is 1. The van der Waals surface area contributed by atoms with Gasteiger partial charge in [0.2, 0.25) is 11.8 Å². The second-order valence-corrected chi connectivity index (χ2v) is 9.35. The highest BCUT2D eigenvalue weighted by atomic mass is 32.2. The van der Waals surface area contributed by atoms with Gasteiger partial charge in [-0.3, -0.25) is 24.5 Å². The van der Waals surface area contributed by atoms with Crippen LogP contribution in [0.2, 0.25) is 0 Å². The molecule has 1 aliphatic rings. The summed E-state index contributed by atoms with van der Waals surface area (Å²) in [5, 5.41) is 15.0. The Morgan fingerprint density at radius 2 is 1.61 bits per heavy atom. The number of thioether (sulfide) groups is 1. The summed E-state index contributed by atoms with van der Waals surface area (Å²) in [5.41, 5.74) is 2.07. The molecule has 2 N–H and O–H groups in total. The van der Waals surface area contributed by atoms with Crippen LogP contribution in [0.3, 0.4) is 0 Å². The Labute approximate surface area is 211 Å². The van der Waals surface area contributed by atoms with Crippen molar-refractivity contribution in [2.75, 3.05) is 0 Å². The summed E-state index contributed by atoms with van der Waals surface area (Å²) in [5.74, 6) is -1.14. The van der Waals surface area contributed by atoms with Crippen molar-refractivity contribution < 1.29 is 24.0 Å². The van der Waals surface area contributed by atoms with Crippen molar-refractivity contribution in [1.29, 1.82) is 0 Å². The lowest BCUT2D eigenvalue weighted by Crippen LogP contribution is -2.68. The highest BCUT2D eigenvalue weighted by Gasteiger charge is 2.43. The van der Waals surface area contributed by atoms with E-state index in [4.69, 9.17) is 4.74 Å². The van der Waals surface area contributed by atoms with Gasteiger partial charge in [0.05, 0.1) is 11.3 Å². The van der Waals surface area contributed by atoms with Gasteiger partial charge in [-0.1, -0.05) is 60.7 Å². The number of benzene rings is 3. The fraction of sp³-hybridized carbons (Fsp3) is 0.192. The van der Waals surface area contributed by atoms with Gasteiger partial charge in [0.25, 0.3) is 5.69 Å². The molecule has 0 bridgehead atoms. The fourth-order valence-electron chi connectivity index (χ4n) is 3.60. The number of carbonyl (C=O) groups is 3. The molecular weight excluding hydrogens is 482 g/mol. The Balaban J connectivity index is 1.40. The summed E-state index contributed by atoms with van der Waals surface area (Å²) in [6.45, 7) is -0.0605. The first-order valence-electron chi connectivity index (χ1n) is 11.1. The largest absolute Gasteiger partial charge is 0.460 e. The Bertz CT molecular complexity index is 1240. The number of β-lactam (4-membered cyclic amide) rings is 1. The van der Waals surface area contributed by atoms with E-state index in [0.29, 0.717) is 11.1 Å². The number of rotatable bonds is 10. The Morgan fingerprint density at radius 3 is 2.22 bits per heavy atom. The van der Waals surface area contributed by atoms with Crippen molar-refractivity contribution in [3.8, 4) is 0 Å². The van der Waals surface area contributed by atoms with Crippen LogP contribution in [-0.2, 0) is 32.1 Å². The van der Waals surface area contributed by atoms with E-state index in [-0.39, 0.29) is 30.5 Å². The van der Waals surface area contributed by atoms with Crippen molar-refractivity contribution in [3.05, 3.63) is 112 Å². The van der Waals surface area contributed by atoms with Crippen LogP contribution in [0.5, 0.6) is 0 Å². The third-order valence-corrected chi connectivity index (χ3v) is 6.94. The van der Waals surface area contributed by atoms with E-state index in [1.54, 1.807) is 24.3 Å². The van der Waals surface area contributed by atoms with Crippen LogP contribution >= 0.6 is 11.8 Å². The quantitative estimate of drug-likeness (QED) is 0.187. The molecule has 1 fully saturated rings. The molecule has 0 aromatic heterocycles. The number of ether oxygens (including phenoxy) is 1. The van der Waals surface area contributed by atoms with E-state index in [1.165, 1.54) is 36.0 Å². The second kappa shape index (κ2) is 11.5. The molecule has 3 aromatic rings. The topological polar surface area (TPSA) is 128 Å². The van der Waals surface area contributed by atoms with Gasteiger partial charge in [-0.15, -0.1) is 11.8 Å². The lowest BCUT2D eigenvalue weighted by Gasteiger charge is -2.38. The predicted molar refractivity (Wildman–Crippen MR) is 134 cm³/mol. The number of carbonyl (C=O) groups excluding carboxylic acids is 3. The molecule has 1 unspecified atom stereocenters. The number of nitro groups is 1. The van der Waals surface area contributed by atoms with Gasteiger partial charge in [-0.25, -0.2) is 0 Å². The number of nitro benzene ring substituents is 1. The summed E-state index contributed by atoms with van der Waals surface area (Å²) in [4.78, 5) is 48.1.